The molecule has 0 fully saturated rings. The zero-order valence-corrected chi connectivity index (χ0v) is 32.5. The average molecular weight is 779 g/mol. The lowest BCUT2D eigenvalue weighted by molar-refractivity contribution is -0.137. The van der Waals surface area contributed by atoms with Gasteiger partial charge in [-0.3, -0.25) is 29.0 Å². The van der Waals surface area contributed by atoms with Gasteiger partial charge in [0.1, 0.15) is 23.6 Å². The molecule has 14 heteroatoms. The van der Waals surface area contributed by atoms with Gasteiger partial charge in [-0.2, -0.15) is 0 Å². The van der Waals surface area contributed by atoms with E-state index in [0.29, 0.717) is 66.4 Å². The van der Waals surface area contributed by atoms with Crippen LogP contribution in [0.15, 0.2) is 91.3 Å². The van der Waals surface area contributed by atoms with Crippen LogP contribution in [0.5, 0.6) is 23.0 Å². The van der Waals surface area contributed by atoms with Crippen LogP contribution < -0.4 is 35.5 Å². The minimum atomic E-state index is -0.992. The average Bonchev–Trinajstić information content (AvgIpc) is 3.23. The second-order valence-corrected chi connectivity index (χ2v) is 13.7. The minimum Gasteiger partial charge on any atom is -0.496 e. The van der Waals surface area contributed by atoms with Crippen molar-refractivity contribution < 1.29 is 38.2 Å². The van der Waals surface area contributed by atoms with E-state index in [2.05, 4.69) is 26.3 Å². The van der Waals surface area contributed by atoms with Crippen LogP contribution in [0.3, 0.4) is 0 Å². The van der Waals surface area contributed by atoms with Gasteiger partial charge in [-0.05, 0) is 86.6 Å². The van der Waals surface area contributed by atoms with Crippen LogP contribution in [0.4, 0.5) is 0 Å². The highest BCUT2D eigenvalue weighted by Gasteiger charge is 2.26. The van der Waals surface area contributed by atoms with Gasteiger partial charge in [0, 0.05) is 55.6 Å². The predicted molar refractivity (Wildman–Crippen MR) is 213 cm³/mol. The number of rotatable bonds is 8. The number of amides is 5. The molecule has 0 spiro atoms. The van der Waals surface area contributed by atoms with Gasteiger partial charge in [0.15, 0.2) is 11.5 Å². The fraction of sp³-hybridized carbons (Fsp3) is 0.349. The smallest absolute Gasteiger partial charge is 0.251 e. The third-order valence-electron chi connectivity index (χ3n) is 9.51. The summed E-state index contributed by atoms with van der Waals surface area (Å²) in [6.07, 6.45) is 5.69. The molecule has 2 aliphatic heterocycles. The van der Waals surface area contributed by atoms with Gasteiger partial charge >= 0.3 is 0 Å². The number of hydrogen-bond donors (Lipinski definition) is 4. The molecule has 0 saturated carbocycles. The number of benzene rings is 3. The zero-order chi connectivity index (χ0) is 40.6. The molecular formula is C43H50N6O8. The molecule has 14 nitrogen and oxygen atoms in total. The molecule has 1 aromatic heterocycles. The molecule has 0 radical (unpaired) electrons. The summed E-state index contributed by atoms with van der Waals surface area (Å²) in [5, 5.41) is 11.3. The minimum absolute atomic E-state index is 0.0836. The topological polar surface area (TPSA) is 177 Å². The SMILES string of the molecule is COc1cc2ccc1CNC(=O)[C@H](C)NC(=O)[C@H](CCc1ccccc1)NC(=O)CN(C(=O)CCc1cccnc1)CCCCNC(=O)c1ccc(OC)c(c1)O2. The number of carbonyl (C=O) groups excluding carboxylic acids is 5. The van der Waals surface area contributed by atoms with E-state index in [0.717, 1.165) is 11.1 Å². The van der Waals surface area contributed by atoms with Crippen molar-refractivity contribution >= 4 is 29.5 Å². The number of nitrogens with one attached hydrogen (secondary N) is 4. The highest BCUT2D eigenvalue weighted by atomic mass is 16.5. The summed E-state index contributed by atoms with van der Waals surface area (Å²) < 4.78 is 17.2. The van der Waals surface area contributed by atoms with E-state index in [9.17, 15) is 24.0 Å². The summed E-state index contributed by atoms with van der Waals surface area (Å²) in [6, 6.07) is 21.3. The lowest BCUT2D eigenvalue weighted by Crippen LogP contribution is -2.54. The molecule has 5 amide bonds. The van der Waals surface area contributed by atoms with Crippen LogP contribution in [0.25, 0.3) is 0 Å². The lowest BCUT2D eigenvalue weighted by atomic mass is 10.0. The summed E-state index contributed by atoms with van der Waals surface area (Å²) in [5.74, 6) is -0.480. The van der Waals surface area contributed by atoms with E-state index in [-0.39, 0.29) is 44.3 Å². The van der Waals surface area contributed by atoms with Crippen LogP contribution in [-0.4, -0.2) is 85.4 Å². The maximum Gasteiger partial charge on any atom is 0.251 e. The van der Waals surface area contributed by atoms with Gasteiger partial charge in [-0.15, -0.1) is 0 Å². The fourth-order valence-corrected chi connectivity index (χ4v) is 6.29. The molecule has 2 aliphatic rings. The Hall–Kier alpha value is -6.44. The lowest BCUT2D eigenvalue weighted by Gasteiger charge is -2.25. The van der Waals surface area contributed by atoms with E-state index in [4.69, 9.17) is 14.2 Å². The van der Waals surface area contributed by atoms with Gasteiger partial charge in [0.05, 0.1) is 20.8 Å². The van der Waals surface area contributed by atoms with Gasteiger partial charge in [-0.25, -0.2) is 0 Å². The van der Waals surface area contributed by atoms with Crippen LogP contribution >= 0.6 is 0 Å². The van der Waals surface area contributed by atoms with Gasteiger partial charge in [0.2, 0.25) is 23.6 Å². The molecule has 2 atom stereocenters. The first-order chi connectivity index (χ1) is 27.6. The first-order valence-electron chi connectivity index (χ1n) is 19.0. The standard InChI is InChI=1S/C43H50N6O8/c1-29-41(52)46-27-33-15-17-34(25-37(33)56-3)57-38-24-32(16-19-36(38)55-2)42(53)45-22-7-8-23-49(40(51)20-14-31-12-9-21-44-26-31)28-39(50)48-35(43(54)47-29)18-13-30-10-5-4-6-11-30/h4-6,9-12,15-17,19,21,24-26,29,35H,7-8,13-14,18,20,22-23,27-28H2,1-3H3,(H,45,53)(H,46,52)(H,47,54)(H,48,50)/t29-,35-/m0/s1. The number of aromatic nitrogens is 1. The summed E-state index contributed by atoms with van der Waals surface area (Å²) in [4.78, 5) is 73.0. The molecule has 0 aliphatic carbocycles. The Bertz CT molecular complexity index is 1990. The maximum atomic E-state index is 13.7. The number of carbonyl (C=O) groups is 5. The van der Waals surface area contributed by atoms with Crippen molar-refractivity contribution in [1.29, 1.82) is 0 Å². The number of fused-ring (bicyclic) bond motifs is 18. The fourth-order valence-electron chi connectivity index (χ4n) is 6.29. The second-order valence-electron chi connectivity index (χ2n) is 13.7. The van der Waals surface area contributed by atoms with Crippen LogP contribution in [0, 0.1) is 0 Å². The Kier molecular flexibility index (Phi) is 15.4. The van der Waals surface area contributed by atoms with E-state index in [1.807, 2.05) is 36.4 Å². The van der Waals surface area contributed by atoms with Crippen molar-refractivity contribution in [2.75, 3.05) is 33.9 Å². The number of nitrogens with zero attached hydrogens (tertiary/aromatic N) is 2. The molecule has 4 N–H and O–H groups in total. The van der Waals surface area contributed by atoms with Crippen molar-refractivity contribution in [1.82, 2.24) is 31.2 Å². The van der Waals surface area contributed by atoms with E-state index < -0.39 is 29.8 Å². The summed E-state index contributed by atoms with van der Waals surface area (Å²) in [6.45, 7) is 1.93. The Balaban J connectivity index is 1.38. The number of pyridine rings is 1. The van der Waals surface area contributed by atoms with E-state index in [1.165, 1.54) is 19.1 Å². The van der Waals surface area contributed by atoms with Crippen molar-refractivity contribution in [3.63, 3.8) is 0 Å². The van der Waals surface area contributed by atoms with Crippen LogP contribution in [0.1, 0.15) is 59.7 Å². The molecule has 4 aromatic rings. The first-order valence-corrected chi connectivity index (χ1v) is 19.0. The second kappa shape index (κ2) is 21.0. The Morgan fingerprint density at radius 3 is 2.39 bits per heavy atom. The third-order valence-corrected chi connectivity index (χ3v) is 9.51. The number of hydrogen-bond acceptors (Lipinski definition) is 9. The monoisotopic (exact) mass is 778 g/mol. The van der Waals surface area contributed by atoms with Gasteiger partial charge in [-0.1, -0.05) is 36.4 Å². The molecule has 3 aromatic carbocycles. The maximum absolute atomic E-state index is 13.7. The number of aryl methyl sites for hydroxylation is 2. The largest absolute Gasteiger partial charge is 0.496 e. The summed E-state index contributed by atoms with van der Waals surface area (Å²) >= 11 is 0. The quantitative estimate of drug-likeness (QED) is 0.192. The summed E-state index contributed by atoms with van der Waals surface area (Å²) in [5.41, 5.74) is 2.86. The van der Waals surface area contributed by atoms with Crippen molar-refractivity contribution in [3.05, 3.63) is 114 Å². The molecular weight excluding hydrogens is 729 g/mol. The third kappa shape index (κ3) is 12.5. The molecule has 3 heterocycles. The number of methoxy groups -OCH3 is 2. The van der Waals surface area contributed by atoms with E-state index >= 15 is 0 Å². The Morgan fingerprint density at radius 2 is 1.63 bits per heavy atom. The van der Waals surface area contributed by atoms with Crippen molar-refractivity contribution in [2.45, 2.75) is 64.1 Å². The van der Waals surface area contributed by atoms with Crippen LogP contribution in [0.2, 0.25) is 0 Å². The molecule has 0 unspecified atom stereocenters. The summed E-state index contributed by atoms with van der Waals surface area (Å²) in [7, 11) is 3.00. The molecule has 57 heavy (non-hydrogen) atoms. The highest BCUT2D eigenvalue weighted by molar-refractivity contribution is 5.95. The van der Waals surface area contributed by atoms with Gasteiger partial charge in [0.25, 0.3) is 5.91 Å². The normalized spacial score (nSPS) is 17.4. The molecule has 6 rings (SSSR count). The Labute approximate surface area is 332 Å². The van der Waals surface area contributed by atoms with Gasteiger partial charge < -0.3 is 40.4 Å². The molecule has 4 bridgehead atoms. The van der Waals surface area contributed by atoms with Crippen molar-refractivity contribution in [2.24, 2.45) is 0 Å². The highest BCUT2D eigenvalue weighted by Crippen LogP contribution is 2.35. The molecule has 300 valence electrons. The van der Waals surface area contributed by atoms with E-state index in [1.54, 1.807) is 61.8 Å². The molecule has 0 saturated heterocycles. The van der Waals surface area contributed by atoms with Crippen molar-refractivity contribution in [3.8, 4) is 23.0 Å². The number of ether oxygens (including phenoxy) is 3. The Morgan fingerprint density at radius 1 is 0.842 bits per heavy atom. The zero-order valence-electron chi connectivity index (χ0n) is 32.5. The predicted octanol–water partition coefficient (Wildman–Crippen LogP) is 4.11. The first kappa shape index (κ1) is 41.7. The van der Waals surface area contributed by atoms with Crippen LogP contribution in [-0.2, 0) is 38.6 Å².